The van der Waals surface area contributed by atoms with Crippen LogP contribution in [0.5, 0.6) is 0 Å². The van der Waals surface area contributed by atoms with Gasteiger partial charge < -0.3 is 4.74 Å². The van der Waals surface area contributed by atoms with E-state index in [0.29, 0.717) is 13.2 Å². The van der Waals surface area contributed by atoms with E-state index in [0.717, 1.165) is 24.3 Å². The molecule has 1 aliphatic heterocycles. The predicted molar refractivity (Wildman–Crippen MR) is 78.3 cm³/mol. The molecule has 118 valence electrons. The molecule has 2 heterocycles. The van der Waals surface area contributed by atoms with Crippen molar-refractivity contribution in [1.29, 1.82) is 0 Å². The second-order valence-electron chi connectivity index (χ2n) is 5.78. The van der Waals surface area contributed by atoms with Crippen LogP contribution >= 0.6 is 0 Å². The van der Waals surface area contributed by atoms with Gasteiger partial charge in [0.2, 0.25) is 0 Å². The summed E-state index contributed by atoms with van der Waals surface area (Å²) in [5.74, 6) is -1.42. The molecule has 1 aliphatic rings. The Labute approximate surface area is 128 Å². The molecule has 1 unspecified atom stereocenters. The van der Waals surface area contributed by atoms with Crippen molar-refractivity contribution in [2.45, 2.75) is 19.0 Å². The van der Waals surface area contributed by atoms with Crippen molar-refractivity contribution >= 4 is 0 Å². The quantitative estimate of drug-likeness (QED) is 0.869. The third-order valence-corrected chi connectivity index (χ3v) is 3.95. The molecule has 0 saturated heterocycles. The molecule has 1 atom stereocenters. The molecule has 1 aromatic carbocycles. The van der Waals surface area contributed by atoms with Crippen LogP contribution in [-0.4, -0.2) is 34.9 Å². The van der Waals surface area contributed by atoms with Gasteiger partial charge in [-0.1, -0.05) is 6.07 Å². The summed E-state index contributed by atoms with van der Waals surface area (Å²) in [7, 11) is 3.58. The molecule has 0 N–H and O–H groups in total. The van der Waals surface area contributed by atoms with Crippen LogP contribution in [0.4, 0.5) is 8.78 Å². The first-order chi connectivity index (χ1) is 10.6. The number of hydrogen-bond acceptors (Lipinski definition) is 3. The van der Waals surface area contributed by atoms with Gasteiger partial charge in [-0.05, 0) is 17.7 Å². The molecule has 1 aromatic heterocycles. The molecule has 0 radical (unpaired) electrons. The van der Waals surface area contributed by atoms with Gasteiger partial charge in [-0.2, -0.15) is 5.10 Å². The van der Waals surface area contributed by atoms with Gasteiger partial charge in [-0.3, -0.25) is 9.58 Å². The van der Waals surface area contributed by atoms with Gasteiger partial charge in [-0.25, -0.2) is 8.78 Å². The minimum atomic E-state index is -0.811. The molecular formula is C16H19F2N3O. The Kier molecular flexibility index (Phi) is 4.22. The van der Waals surface area contributed by atoms with Gasteiger partial charge in [0.15, 0.2) is 11.6 Å². The van der Waals surface area contributed by atoms with Gasteiger partial charge in [0.05, 0.1) is 12.3 Å². The highest BCUT2D eigenvalue weighted by atomic mass is 19.2. The Bertz CT molecular complexity index is 671. The largest absolute Gasteiger partial charge is 0.384 e. The van der Waals surface area contributed by atoms with E-state index in [-0.39, 0.29) is 5.92 Å². The highest BCUT2D eigenvalue weighted by Crippen LogP contribution is 2.28. The number of fused-ring (bicyclic) bond motifs is 1. The lowest BCUT2D eigenvalue weighted by Gasteiger charge is -2.31. The lowest BCUT2D eigenvalue weighted by Crippen LogP contribution is -2.34. The topological polar surface area (TPSA) is 30.3 Å². The molecule has 3 rings (SSSR count). The van der Waals surface area contributed by atoms with Crippen LogP contribution in [0.1, 0.15) is 22.7 Å². The van der Waals surface area contributed by atoms with Crippen LogP contribution in [0.25, 0.3) is 0 Å². The van der Waals surface area contributed by atoms with Crippen molar-refractivity contribution in [1.82, 2.24) is 14.7 Å². The van der Waals surface area contributed by atoms with Gasteiger partial charge in [-0.15, -0.1) is 0 Å². The van der Waals surface area contributed by atoms with Crippen molar-refractivity contribution in [2.75, 3.05) is 20.3 Å². The summed E-state index contributed by atoms with van der Waals surface area (Å²) in [5.41, 5.74) is 3.01. The molecule has 0 bridgehead atoms. The molecule has 0 spiro atoms. The van der Waals surface area contributed by atoms with Crippen LogP contribution in [0, 0.1) is 11.6 Å². The Balaban J connectivity index is 1.79. The second kappa shape index (κ2) is 6.14. The number of benzene rings is 1. The Hall–Kier alpha value is -1.79. The zero-order chi connectivity index (χ0) is 15.7. The van der Waals surface area contributed by atoms with Crippen molar-refractivity contribution in [3.05, 3.63) is 52.9 Å². The molecule has 0 fully saturated rings. The molecule has 0 aliphatic carbocycles. The fourth-order valence-electron chi connectivity index (χ4n) is 3.07. The number of nitrogens with zero attached hydrogens (tertiary/aromatic N) is 3. The molecule has 6 heteroatoms. The number of methoxy groups -OCH3 is 1. The van der Waals surface area contributed by atoms with E-state index in [4.69, 9.17) is 4.74 Å². The normalized spacial score (nSPS) is 18.5. The third kappa shape index (κ3) is 3.03. The minimum Gasteiger partial charge on any atom is -0.384 e. The number of ether oxygens (including phenoxy) is 1. The molecular weight excluding hydrogens is 288 g/mol. The first-order valence-corrected chi connectivity index (χ1v) is 7.24. The molecule has 4 nitrogen and oxygen atoms in total. The summed E-state index contributed by atoms with van der Waals surface area (Å²) in [4.78, 5) is 2.21. The third-order valence-electron chi connectivity index (χ3n) is 3.95. The van der Waals surface area contributed by atoms with E-state index >= 15 is 0 Å². The fraction of sp³-hybridized carbons (Fsp3) is 0.438. The zero-order valence-electron chi connectivity index (χ0n) is 12.7. The molecule has 2 aromatic rings. The number of aromatic nitrogens is 2. The Morgan fingerprint density at radius 2 is 2.14 bits per heavy atom. The van der Waals surface area contributed by atoms with Crippen molar-refractivity contribution < 1.29 is 13.5 Å². The highest BCUT2D eigenvalue weighted by Gasteiger charge is 2.28. The van der Waals surface area contributed by atoms with E-state index < -0.39 is 11.6 Å². The van der Waals surface area contributed by atoms with E-state index in [1.165, 1.54) is 17.7 Å². The van der Waals surface area contributed by atoms with Crippen molar-refractivity contribution in [2.24, 2.45) is 7.05 Å². The summed E-state index contributed by atoms with van der Waals surface area (Å²) < 4.78 is 33.5. The first kappa shape index (κ1) is 15.1. The fourth-order valence-corrected chi connectivity index (χ4v) is 3.07. The number of aryl methyl sites for hydroxylation is 1. The molecule has 0 amide bonds. The second-order valence-corrected chi connectivity index (χ2v) is 5.78. The van der Waals surface area contributed by atoms with Crippen LogP contribution in [0.3, 0.4) is 0 Å². The average Bonchev–Trinajstić information content (AvgIpc) is 2.84. The summed E-state index contributed by atoms with van der Waals surface area (Å²) in [6.45, 7) is 2.71. The molecule has 0 saturated carbocycles. The average molecular weight is 307 g/mol. The van der Waals surface area contributed by atoms with Gasteiger partial charge in [0.1, 0.15) is 0 Å². The number of halogens is 2. The maximum absolute atomic E-state index is 13.3. The summed E-state index contributed by atoms with van der Waals surface area (Å²) in [5, 5.41) is 4.52. The maximum Gasteiger partial charge on any atom is 0.159 e. The monoisotopic (exact) mass is 307 g/mol. The van der Waals surface area contributed by atoms with Crippen molar-refractivity contribution in [3.8, 4) is 0 Å². The SMILES string of the molecule is COCC1CN(Cc2ccc(F)c(F)c2)Cc2cn(C)nc21. The predicted octanol–water partition coefficient (Wildman–Crippen LogP) is 2.44. The van der Waals surface area contributed by atoms with Crippen LogP contribution in [0.2, 0.25) is 0 Å². The zero-order valence-corrected chi connectivity index (χ0v) is 12.7. The first-order valence-electron chi connectivity index (χ1n) is 7.24. The number of rotatable bonds is 4. The Morgan fingerprint density at radius 1 is 1.32 bits per heavy atom. The van der Waals surface area contributed by atoms with E-state index in [1.54, 1.807) is 13.2 Å². The lowest BCUT2D eigenvalue weighted by atomic mass is 9.97. The van der Waals surface area contributed by atoms with Crippen LogP contribution in [0.15, 0.2) is 24.4 Å². The van der Waals surface area contributed by atoms with E-state index in [9.17, 15) is 8.78 Å². The standard InChI is InChI=1S/C16H19F2N3O/c1-20-7-12-8-21(9-13(10-22-2)16(12)19-20)6-11-3-4-14(17)15(18)5-11/h3-5,7,13H,6,8-10H2,1-2H3. The van der Waals surface area contributed by atoms with Gasteiger partial charge >= 0.3 is 0 Å². The van der Waals surface area contributed by atoms with Crippen LogP contribution < -0.4 is 0 Å². The lowest BCUT2D eigenvalue weighted by molar-refractivity contribution is 0.134. The Morgan fingerprint density at radius 3 is 2.86 bits per heavy atom. The molecule has 22 heavy (non-hydrogen) atoms. The van der Waals surface area contributed by atoms with Gasteiger partial charge in [0.25, 0.3) is 0 Å². The summed E-state index contributed by atoms with van der Waals surface area (Å²) >= 11 is 0. The van der Waals surface area contributed by atoms with Crippen LogP contribution in [-0.2, 0) is 24.9 Å². The summed E-state index contributed by atoms with van der Waals surface area (Å²) in [6.07, 6.45) is 2.01. The van der Waals surface area contributed by atoms with Gasteiger partial charge in [0, 0.05) is 51.5 Å². The maximum atomic E-state index is 13.3. The smallest absolute Gasteiger partial charge is 0.159 e. The summed E-state index contributed by atoms with van der Waals surface area (Å²) in [6, 6.07) is 4.07. The number of hydrogen-bond donors (Lipinski definition) is 0. The highest BCUT2D eigenvalue weighted by molar-refractivity contribution is 5.25. The van der Waals surface area contributed by atoms with E-state index in [2.05, 4.69) is 10.00 Å². The minimum absolute atomic E-state index is 0.195. The van der Waals surface area contributed by atoms with Crippen molar-refractivity contribution in [3.63, 3.8) is 0 Å². The van der Waals surface area contributed by atoms with E-state index in [1.807, 2.05) is 17.9 Å².